The summed E-state index contributed by atoms with van der Waals surface area (Å²) < 4.78 is 0. The molecule has 0 saturated heterocycles. The fraction of sp³-hybridized carbons (Fsp3) is 0.364. The average Bonchev–Trinajstić information content (AvgIpc) is 2.28. The van der Waals surface area contributed by atoms with Crippen LogP contribution < -0.4 is 5.32 Å². The van der Waals surface area contributed by atoms with Crippen LogP contribution in [0.5, 0.6) is 5.75 Å². The molecule has 0 saturated carbocycles. The predicted molar refractivity (Wildman–Crippen MR) is 61.2 cm³/mol. The smallest absolute Gasteiger partial charge is 0.124 e. The van der Waals surface area contributed by atoms with E-state index in [1.165, 1.54) is 6.07 Å². The van der Waals surface area contributed by atoms with Crippen molar-refractivity contribution in [3.8, 4) is 11.8 Å². The molecule has 3 N–H and O–H groups in total. The van der Waals surface area contributed by atoms with Crippen LogP contribution in [0, 0.1) is 11.3 Å². The van der Waals surface area contributed by atoms with Gasteiger partial charge in [-0.15, -0.1) is 0 Å². The van der Waals surface area contributed by atoms with Gasteiger partial charge in [0.05, 0.1) is 6.07 Å². The quantitative estimate of drug-likeness (QED) is 0.683. The fourth-order valence-electron chi connectivity index (χ4n) is 1.31. The highest BCUT2D eigenvalue weighted by molar-refractivity contribution is 6.30. The molecule has 0 radical (unpaired) electrons. The molecular weight excluding hydrogens is 228 g/mol. The summed E-state index contributed by atoms with van der Waals surface area (Å²) in [4.78, 5) is 0. The molecule has 1 atom stereocenters. The Bertz CT molecular complexity index is 390. The van der Waals surface area contributed by atoms with E-state index in [9.17, 15) is 5.11 Å². The van der Waals surface area contributed by atoms with Gasteiger partial charge in [-0.05, 0) is 31.2 Å². The molecule has 16 heavy (non-hydrogen) atoms. The minimum Gasteiger partial charge on any atom is -0.508 e. The Morgan fingerprint density at radius 1 is 1.50 bits per heavy atom. The minimum absolute atomic E-state index is 0.0347. The van der Waals surface area contributed by atoms with Gasteiger partial charge in [0.1, 0.15) is 11.8 Å². The van der Waals surface area contributed by atoms with Gasteiger partial charge in [-0.2, -0.15) is 5.26 Å². The minimum atomic E-state index is -0.620. The average molecular weight is 241 g/mol. The first-order valence-corrected chi connectivity index (χ1v) is 5.29. The predicted octanol–water partition coefficient (Wildman–Crippen LogP) is 1.58. The molecule has 0 spiro atoms. The zero-order chi connectivity index (χ0) is 12.0. The van der Waals surface area contributed by atoms with Crippen LogP contribution in [0.1, 0.15) is 18.0 Å². The molecule has 0 aliphatic heterocycles. The van der Waals surface area contributed by atoms with Crippen molar-refractivity contribution in [2.45, 2.75) is 12.5 Å². The molecule has 0 aliphatic carbocycles. The second kappa shape index (κ2) is 6.33. The number of aromatic hydroxyl groups is 1. The summed E-state index contributed by atoms with van der Waals surface area (Å²) >= 11 is 5.79. The Morgan fingerprint density at radius 2 is 2.25 bits per heavy atom. The number of phenols is 1. The van der Waals surface area contributed by atoms with Gasteiger partial charge in [-0.1, -0.05) is 11.6 Å². The number of nitrogens with one attached hydrogen (secondary N) is 1. The second-order valence-corrected chi connectivity index (χ2v) is 3.73. The van der Waals surface area contributed by atoms with Crippen molar-refractivity contribution in [3.63, 3.8) is 0 Å². The van der Waals surface area contributed by atoms with Gasteiger partial charge in [0.2, 0.25) is 0 Å². The van der Waals surface area contributed by atoms with Crippen molar-refractivity contribution in [1.82, 2.24) is 5.32 Å². The lowest BCUT2D eigenvalue weighted by Gasteiger charge is -2.13. The van der Waals surface area contributed by atoms with E-state index < -0.39 is 6.04 Å². The molecule has 1 aromatic carbocycles. The molecular formula is C11H13ClN2O2. The van der Waals surface area contributed by atoms with Gasteiger partial charge in [-0.3, -0.25) is 5.32 Å². The van der Waals surface area contributed by atoms with Crippen LogP contribution in [-0.2, 0) is 0 Å². The number of nitrogens with zero attached hydrogens (tertiary/aromatic N) is 1. The van der Waals surface area contributed by atoms with Gasteiger partial charge in [-0.25, -0.2) is 0 Å². The Hall–Kier alpha value is -1.28. The fourth-order valence-corrected chi connectivity index (χ4v) is 1.49. The monoisotopic (exact) mass is 240 g/mol. The lowest BCUT2D eigenvalue weighted by atomic mass is 10.1. The molecule has 0 aliphatic rings. The van der Waals surface area contributed by atoms with Crippen LogP contribution in [0.4, 0.5) is 0 Å². The highest BCUT2D eigenvalue weighted by Gasteiger charge is 2.14. The molecule has 0 fully saturated rings. The maximum atomic E-state index is 9.59. The molecule has 5 heteroatoms. The zero-order valence-corrected chi connectivity index (χ0v) is 9.41. The van der Waals surface area contributed by atoms with Crippen LogP contribution in [0.15, 0.2) is 18.2 Å². The summed E-state index contributed by atoms with van der Waals surface area (Å²) in [6.45, 7) is 0.563. The number of halogens is 1. The maximum absolute atomic E-state index is 9.59. The number of aliphatic hydroxyl groups excluding tert-OH is 1. The first kappa shape index (κ1) is 12.8. The van der Waals surface area contributed by atoms with E-state index >= 15 is 0 Å². The molecule has 4 nitrogen and oxygen atoms in total. The van der Waals surface area contributed by atoms with Crippen LogP contribution in [-0.4, -0.2) is 23.4 Å². The number of rotatable bonds is 5. The topological polar surface area (TPSA) is 76.3 Å². The number of aliphatic hydroxyl groups is 1. The van der Waals surface area contributed by atoms with Gasteiger partial charge in [0, 0.05) is 17.2 Å². The van der Waals surface area contributed by atoms with Crippen LogP contribution in [0.25, 0.3) is 0 Å². The Morgan fingerprint density at radius 3 is 2.88 bits per heavy atom. The molecule has 86 valence electrons. The van der Waals surface area contributed by atoms with E-state index in [1.54, 1.807) is 12.1 Å². The molecule has 0 amide bonds. The van der Waals surface area contributed by atoms with Crippen molar-refractivity contribution < 1.29 is 10.2 Å². The third-order valence-corrected chi connectivity index (χ3v) is 2.35. The first-order valence-electron chi connectivity index (χ1n) is 4.91. The van der Waals surface area contributed by atoms with E-state index in [2.05, 4.69) is 5.32 Å². The molecule has 0 bridgehead atoms. The largest absolute Gasteiger partial charge is 0.508 e. The normalized spacial score (nSPS) is 12.1. The number of nitriles is 1. The van der Waals surface area contributed by atoms with E-state index in [-0.39, 0.29) is 12.4 Å². The Balaban J connectivity index is 2.79. The van der Waals surface area contributed by atoms with Crippen LogP contribution >= 0.6 is 11.6 Å². The van der Waals surface area contributed by atoms with Crippen molar-refractivity contribution in [1.29, 1.82) is 5.26 Å². The highest BCUT2D eigenvalue weighted by Crippen LogP contribution is 2.26. The highest BCUT2D eigenvalue weighted by atomic mass is 35.5. The lowest BCUT2D eigenvalue weighted by Crippen LogP contribution is -2.21. The van der Waals surface area contributed by atoms with Gasteiger partial charge < -0.3 is 10.2 Å². The first-order chi connectivity index (χ1) is 7.69. The van der Waals surface area contributed by atoms with Crippen molar-refractivity contribution in [2.75, 3.05) is 13.2 Å². The number of phenolic OH excluding ortho intramolecular Hbond substituents is 1. The Labute approximate surface area is 99.1 Å². The summed E-state index contributed by atoms with van der Waals surface area (Å²) in [5, 5.41) is 30.6. The van der Waals surface area contributed by atoms with E-state index in [0.717, 1.165) is 0 Å². The third-order valence-electron chi connectivity index (χ3n) is 2.11. The van der Waals surface area contributed by atoms with Gasteiger partial charge in [0.15, 0.2) is 0 Å². The Kier molecular flexibility index (Phi) is 5.06. The number of hydrogen-bond donors (Lipinski definition) is 3. The summed E-state index contributed by atoms with van der Waals surface area (Å²) in [6.07, 6.45) is 0.555. The van der Waals surface area contributed by atoms with Crippen molar-refractivity contribution >= 4 is 11.6 Å². The van der Waals surface area contributed by atoms with Crippen molar-refractivity contribution in [2.24, 2.45) is 0 Å². The van der Waals surface area contributed by atoms with E-state index in [1.807, 2.05) is 6.07 Å². The molecule has 0 heterocycles. The summed E-state index contributed by atoms with van der Waals surface area (Å²) in [6, 6.07) is 5.98. The second-order valence-electron chi connectivity index (χ2n) is 3.30. The summed E-state index contributed by atoms with van der Waals surface area (Å²) in [5.41, 5.74) is 0.452. The van der Waals surface area contributed by atoms with Crippen LogP contribution in [0.3, 0.4) is 0 Å². The van der Waals surface area contributed by atoms with Gasteiger partial charge in [0.25, 0.3) is 0 Å². The summed E-state index contributed by atoms with van der Waals surface area (Å²) in [7, 11) is 0. The van der Waals surface area contributed by atoms with Crippen LogP contribution in [0.2, 0.25) is 5.02 Å². The number of hydrogen-bond acceptors (Lipinski definition) is 4. The molecule has 1 rings (SSSR count). The molecule has 1 unspecified atom stereocenters. The molecule has 1 aromatic rings. The number of benzene rings is 1. The molecule has 0 aromatic heterocycles. The standard InChI is InChI=1S/C11H13ClN2O2/c12-8-2-3-11(16)9(6-8)10(7-13)14-4-1-5-15/h2-3,6,10,14-16H,1,4-5H2. The third kappa shape index (κ3) is 3.38. The maximum Gasteiger partial charge on any atom is 0.124 e. The van der Waals surface area contributed by atoms with Crippen molar-refractivity contribution in [3.05, 3.63) is 28.8 Å². The van der Waals surface area contributed by atoms with Gasteiger partial charge >= 0.3 is 0 Å². The lowest BCUT2D eigenvalue weighted by molar-refractivity contribution is 0.285. The van der Waals surface area contributed by atoms with E-state index in [4.69, 9.17) is 22.0 Å². The zero-order valence-electron chi connectivity index (χ0n) is 8.65. The summed E-state index contributed by atoms with van der Waals surface area (Å²) in [5.74, 6) is 0.0347. The van der Waals surface area contributed by atoms with E-state index in [0.29, 0.717) is 23.6 Å². The SMILES string of the molecule is N#CC(NCCCO)c1cc(Cl)ccc1O.